The van der Waals surface area contributed by atoms with E-state index in [2.05, 4.69) is 17.2 Å². The molecule has 0 radical (unpaired) electrons. The van der Waals surface area contributed by atoms with Crippen LogP contribution in [0.5, 0.6) is 0 Å². The summed E-state index contributed by atoms with van der Waals surface area (Å²) in [5, 5.41) is 16.0. The lowest BCUT2D eigenvalue weighted by atomic mass is 9.85. The van der Waals surface area contributed by atoms with Crippen LogP contribution in [-0.2, 0) is 4.79 Å². The Kier molecular flexibility index (Phi) is 5.49. The molecule has 0 spiro atoms. The van der Waals surface area contributed by atoms with Crippen LogP contribution in [0.15, 0.2) is 12.7 Å². The molecule has 1 aliphatic carbocycles. The van der Waals surface area contributed by atoms with Crippen molar-refractivity contribution in [2.45, 2.75) is 37.7 Å². The molecule has 0 aromatic heterocycles. The van der Waals surface area contributed by atoms with Gasteiger partial charge in [0.05, 0.1) is 5.60 Å². The lowest BCUT2D eigenvalue weighted by Gasteiger charge is -2.32. The normalized spacial score (nSPS) is 19.1. The van der Waals surface area contributed by atoms with E-state index in [0.29, 0.717) is 19.6 Å². The molecule has 0 bridgehead atoms. The minimum absolute atomic E-state index is 0.154. The summed E-state index contributed by atoms with van der Waals surface area (Å²) in [5.41, 5.74) is -0.527. The van der Waals surface area contributed by atoms with Crippen LogP contribution in [0.3, 0.4) is 0 Å². The average molecular weight is 226 g/mol. The van der Waals surface area contributed by atoms with Gasteiger partial charge in [-0.1, -0.05) is 25.8 Å². The summed E-state index contributed by atoms with van der Waals surface area (Å²) in [6, 6.07) is 0. The number of aliphatic hydroxyl groups is 1. The van der Waals surface area contributed by atoms with Crippen molar-refractivity contribution in [1.82, 2.24) is 10.6 Å². The van der Waals surface area contributed by atoms with Gasteiger partial charge in [0.25, 0.3) is 0 Å². The maximum Gasteiger partial charge on any atom is 0.243 e. The van der Waals surface area contributed by atoms with Crippen LogP contribution in [0.1, 0.15) is 32.1 Å². The maximum atomic E-state index is 10.8. The molecular weight excluding hydrogens is 204 g/mol. The first-order valence-electron chi connectivity index (χ1n) is 6.00. The fraction of sp³-hybridized carbons (Fsp3) is 0.750. The summed E-state index contributed by atoms with van der Waals surface area (Å²) in [7, 11) is 0. The SMILES string of the molecule is C=CC(=O)NCCNCC1(O)CCCCC1. The molecule has 1 rings (SSSR count). The van der Waals surface area contributed by atoms with Crippen LogP contribution in [-0.4, -0.2) is 36.2 Å². The molecule has 0 atom stereocenters. The summed E-state index contributed by atoms with van der Waals surface area (Å²) < 4.78 is 0. The van der Waals surface area contributed by atoms with Gasteiger partial charge in [0, 0.05) is 19.6 Å². The molecule has 0 aromatic rings. The van der Waals surface area contributed by atoms with Crippen LogP contribution >= 0.6 is 0 Å². The Morgan fingerprint density at radius 1 is 1.31 bits per heavy atom. The van der Waals surface area contributed by atoms with Gasteiger partial charge < -0.3 is 15.7 Å². The van der Waals surface area contributed by atoms with Gasteiger partial charge in [0.2, 0.25) is 5.91 Å². The Balaban J connectivity index is 2.05. The third-order valence-corrected chi connectivity index (χ3v) is 3.02. The molecular formula is C12H22N2O2. The highest BCUT2D eigenvalue weighted by atomic mass is 16.3. The molecule has 1 fully saturated rings. The lowest BCUT2D eigenvalue weighted by molar-refractivity contribution is -0.116. The first kappa shape index (κ1) is 13.2. The van der Waals surface area contributed by atoms with Gasteiger partial charge in [0.15, 0.2) is 0 Å². The van der Waals surface area contributed by atoms with Gasteiger partial charge in [-0.2, -0.15) is 0 Å². The zero-order chi connectivity index (χ0) is 11.9. The van der Waals surface area contributed by atoms with E-state index in [9.17, 15) is 9.90 Å². The van der Waals surface area contributed by atoms with E-state index in [1.807, 2.05) is 0 Å². The molecule has 0 aromatic carbocycles. The molecule has 1 amide bonds. The molecule has 4 heteroatoms. The second-order valence-corrected chi connectivity index (χ2v) is 4.46. The smallest absolute Gasteiger partial charge is 0.243 e. The Morgan fingerprint density at radius 2 is 2.00 bits per heavy atom. The van der Waals surface area contributed by atoms with Crippen molar-refractivity contribution in [1.29, 1.82) is 0 Å². The first-order chi connectivity index (χ1) is 7.66. The van der Waals surface area contributed by atoms with Gasteiger partial charge in [-0.3, -0.25) is 4.79 Å². The van der Waals surface area contributed by atoms with E-state index in [1.54, 1.807) is 0 Å². The summed E-state index contributed by atoms with van der Waals surface area (Å²) >= 11 is 0. The van der Waals surface area contributed by atoms with Crippen LogP contribution in [0, 0.1) is 0 Å². The fourth-order valence-corrected chi connectivity index (χ4v) is 2.05. The third kappa shape index (κ3) is 4.77. The minimum atomic E-state index is -0.527. The van der Waals surface area contributed by atoms with E-state index in [4.69, 9.17) is 0 Å². The number of rotatable bonds is 6. The van der Waals surface area contributed by atoms with Gasteiger partial charge in [-0.15, -0.1) is 0 Å². The third-order valence-electron chi connectivity index (χ3n) is 3.02. The number of hydrogen-bond donors (Lipinski definition) is 3. The summed E-state index contributed by atoms with van der Waals surface area (Å²) in [6.07, 6.45) is 6.50. The molecule has 0 unspecified atom stereocenters. The van der Waals surface area contributed by atoms with Gasteiger partial charge in [-0.05, 0) is 18.9 Å². The van der Waals surface area contributed by atoms with Gasteiger partial charge in [-0.25, -0.2) is 0 Å². The monoisotopic (exact) mass is 226 g/mol. The van der Waals surface area contributed by atoms with Crippen molar-refractivity contribution in [3.8, 4) is 0 Å². The van der Waals surface area contributed by atoms with Crippen molar-refractivity contribution in [2.75, 3.05) is 19.6 Å². The van der Waals surface area contributed by atoms with E-state index in [1.165, 1.54) is 12.5 Å². The number of hydrogen-bond acceptors (Lipinski definition) is 3. The Labute approximate surface area is 97.1 Å². The maximum absolute atomic E-state index is 10.8. The zero-order valence-electron chi connectivity index (χ0n) is 9.80. The standard InChI is InChI=1S/C12H22N2O2/c1-2-11(15)14-9-8-13-10-12(16)6-4-3-5-7-12/h2,13,16H,1,3-10H2,(H,14,15). The number of amides is 1. The molecule has 0 aliphatic heterocycles. The molecule has 1 aliphatic rings. The average Bonchev–Trinajstić information content (AvgIpc) is 2.29. The minimum Gasteiger partial charge on any atom is -0.389 e. The summed E-state index contributed by atoms with van der Waals surface area (Å²) in [4.78, 5) is 10.8. The number of carbonyl (C=O) groups excluding carboxylic acids is 1. The fourth-order valence-electron chi connectivity index (χ4n) is 2.05. The molecule has 3 N–H and O–H groups in total. The van der Waals surface area contributed by atoms with Crippen LogP contribution in [0.4, 0.5) is 0 Å². The molecule has 16 heavy (non-hydrogen) atoms. The van der Waals surface area contributed by atoms with Crippen molar-refractivity contribution in [3.05, 3.63) is 12.7 Å². The largest absolute Gasteiger partial charge is 0.389 e. The molecule has 4 nitrogen and oxygen atoms in total. The van der Waals surface area contributed by atoms with E-state index >= 15 is 0 Å². The highest BCUT2D eigenvalue weighted by Crippen LogP contribution is 2.26. The lowest BCUT2D eigenvalue weighted by Crippen LogP contribution is -2.44. The second-order valence-electron chi connectivity index (χ2n) is 4.46. The van der Waals surface area contributed by atoms with Crippen molar-refractivity contribution in [3.63, 3.8) is 0 Å². The topological polar surface area (TPSA) is 61.4 Å². The zero-order valence-corrected chi connectivity index (χ0v) is 9.80. The molecule has 0 heterocycles. The van der Waals surface area contributed by atoms with Crippen LogP contribution < -0.4 is 10.6 Å². The van der Waals surface area contributed by atoms with Crippen molar-refractivity contribution < 1.29 is 9.90 Å². The van der Waals surface area contributed by atoms with Crippen molar-refractivity contribution >= 4 is 5.91 Å². The molecule has 0 saturated heterocycles. The van der Waals surface area contributed by atoms with Crippen molar-refractivity contribution in [2.24, 2.45) is 0 Å². The Bertz CT molecular complexity index is 235. The Hall–Kier alpha value is -0.870. The van der Waals surface area contributed by atoms with Crippen LogP contribution in [0.25, 0.3) is 0 Å². The molecule has 1 saturated carbocycles. The predicted octanol–water partition coefficient (Wildman–Crippen LogP) is 0.573. The van der Waals surface area contributed by atoms with Crippen LogP contribution in [0.2, 0.25) is 0 Å². The predicted molar refractivity (Wildman–Crippen MR) is 64.1 cm³/mol. The Morgan fingerprint density at radius 3 is 2.62 bits per heavy atom. The van der Waals surface area contributed by atoms with E-state index in [0.717, 1.165) is 25.7 Å². The van der Waals surface area contributed by atoms with Gasteiger partial charge in [0.1, 0.15) is 0 Å². The summed E-state index contributed by atoms with van der Waals surface area (Å²) in [6.45, 7) is 5.25. The summed E-state index contributed by atoms with van der Waals surface area (Å²) in [5.74, 6) is -0.154. The highest BCUT2D eigenvalue weighted by Gasteiger charge is 2.28. The number of nitrogens with one attached hydrogen (secondary N) is 2. The molecule has 92 valence electrons. The van der Waals surface area contributed by atoms with E-state index in [-0.39, 0.29) is 5.91 Å². The quantitative estimate of drug-likeness (QED) is 0.458. The highest BCUT2D eigenvalue weighted by molar-refractivity contribution is 5.86. The van der Waals surface area contributed by atoms with E-state index < -0.39 is 5.60 Å². The first-order valence-corrected chi connectivity index (χ1v) is 6.00. The second kappa shape index (κ2) is 6.66. The number of carbonyl (C=O) groups is 1. The van der Waals surface area contributed by atoms with Gasteiger partial charge >= 0.3 is 0 Å².